The Labute approximate surface area is 124 Å². The Morgan fingerprint density at radius 1 is 1.25 bits per heavy atom. The second kappa shape index (κ2) is 5.56. The average molecular weight is 309 g/mol. The van der Waals surface area contributed by atoms with E-state index < -0.39 is 0 Å². The van der Waals surface area contributed by atoms with Gasteiger partial charge in [-0.15, -0.1) is 5.10 Å². The molecule has 0 aliphatic heterocycles. The lowest BCUT2D eigenvalue weighted by Crippen LogP contribution is -2.01. The highest BCUT2D eigenvalue weighted by Gasteiger charge is 2.08. The van der Waals surface area contributed by atoms with E-state index in [1.165, 1.54) is 0 Å². The van der Waals surface area contributed by atoms with Crippen molar-refractivity contribution in [2.24, 2.45) is 0 Å². The molecule has 0 radical (unpaired) electrons. The lowest BCUT2D eigenvalue weighted by Gasteiger charge is -2.04. The van der Waals surface area contributed by atoms with Gasteiger partial charge in [0, 0.05) is 16.6 Å². The maximum Gasteiger partial charge on any atom is 0.242 e. The summed E-state index contributed by atoms with van der Waals surface area (Å²) in [5.41, 5.74) is 0.917. The molecule has 2 N–H and O–H groups in total. The van der Waals surface area contributed by atoms with Crippen molar-refractivity contribution in [3.63, 3.8) is 0 Å². The Morgan fingerprint density at radius 3 is 2.90 bits per heavy atom. The quantitative estimate of drug-likeness (QED) is 0.765. The van der Waals surface area contributed by atoms with Crippen molar-refractivity contribution in [2.45, 2.75) is 6.54 Å². The van der Waals surface area contributed by atoms with Crippen LogP contribution in [0.2, 0.25) is 10.0 Å². The van der Waals surface area contributed by atoms with Crippen LogP contribution >= 0.6 is 23.2 Å². The van der Waals surface area contributed by atoms with Gasteiger partial charge in [-0.3, -0.25) is 5.10 Å². The standard InChI is InChI=1S/C13H10Cl2N4O/c14-9-4-3-8(10(15)6-9)7-16-13-17-12(18-19-13)11-2-1-5-20-11/h1-6H,7H2,(H2,16,17,18,19). The van der Waals surface area contributed by atoms with E-state index in [1.807, 2.05) is 6.07 Å². The van der Waals surface area contributed by atoms with Gasteiger partial charge in [-0.1, -0.05) is 29.3 Å². The monoisotopic (exact) mass is 308 g/mol. The van der Waals surface area contributed by atoms with Crippen LogP contribution in [-0.4, -0.2) is 15.2 Å². The number of halogens is 2. The van der Waals surface area contributed by atoms with Gasteiger partial charge in [-0.05, 0) is 29.8 Å². The van der Waals surface area contributed by atoms with E-state index in [9.17, 15) is 0 Å². The molecule has 102 valence electrons. The molecule has 0 fully saturated rings. The molecule has 2 aromatic heterocycles. The Balaban J connectivity index is 1.70. The first-order chi connectivity index (χ1) is 9.72. The number of aromatic nitrogens is 3. The number of anilines is 1. The van der Waals surface area contributed by atoms with E-state index in [0.29, 0.717) is 34.1 Å². The molecule has 7 heteroatoms. The third-order valence-electron chi connectivity index (χ3n) is 2.69. The van der Waals surface area contributed by atoms with Crippen molar-refractivity contribution in [1.82, 2.24) is 15.2 Å². The highest BCUT2D eigenvalue weighted by molar-refractivity contribution is 6.35. The maximum absolute atomic E-state index is 6.09. The van der Waals surface area contributed by atoms with Crippen LogP contribution in [-0.2, 0) is 6.54 Å². The van der Waals surface area contributed by atoms with Crippen molar-refractivity contribution < 1.29 is 4.42 Å². The summed E-state index contributed by atoms with van der Waals surface area (Å²) in [5.74, 6) is 1.68. The summed E-state index contributed by atoms with van der Waals surface area (Å²) in [6.45, 7) is 0.505. The normalized spacial score (nSPS) is 10.7. The van der Waals surface area contributed by atoms with Gasteiger partial charge in [0.25, 0.3) is 0 Å². The minimum atomic E-state index is 0.474. The van der Waals surface area contributed by atoms with Crippen molar-refractivity contribution in [1.29, 1.82) is 0 Å². The second-order valence-electron chi connectivity index (χ2n) is 4.07. The molecule has 0 bridgehead atoms. The number of aromatic amines is 1. The lowest BCUT2D eigenvalue weighted by atomic mass is 10.2. The predicted molar refractivity (Wildman–Crippen MR) is 77.9 cm³/mol. The minimum absolute atomic E-state index is 0.474. The molecule has 0 spiro atoms. The molecule has 0 saturated carbocycles. The molecule has 20 heavy (non-hydrogen) atoms. The summed E-state index contributed by atoms with van der Waals surface area (Å²) in [6.07, 6.45) is 1.58. The molecule has 5 nitrogen and oxygen atoms in total. The SMILES string of the molecule is Clc1ccc(CNc2n[nH]c(-c3ccco3)n2)c(Cl)c1. The maximum atomic E-state index is 6.09. The molecule has 0 saturated heterocycles. The summed E-state index contributed by atoms with van der Waals surface area (Å²) >= 11 is 11.9. The Hall–Kier alpha value is -1.98. The highest BCUT2D eigenvalue weighted by Crippen LogP contribution is 2.22. The number of rotatable bonds is 4. The van der Waals surface area contributed by atoms with Gasteiger partial charge in [0.05, 0.1) is 6.26 Å². The van der Waals surface area contributed by atoms with E-state index in [2.05, 4.69) is 20.5 Å². The van der Waals surface area contributed by atoms with Crippen LogP contribution in [0.1, 0.15) is 5.56 Å². The molecular weight excluding hydrogens is 299 g/mol. The van der Waals surface area contributed by atoms with Crippen LogP contribution in [0.4, 0.5) is 5.95 Å². The van der Waals surface area contributed by atoms with Gasteiger partial charge in [0.15, 0.2) is 11.6 Å². The molecule has 0 aliphatic carbocycles. The fraction of sp³-hybridized carbons (Fsp3) is 0.0769. The lowest BCUT2D eigenvalue weighted by molar-refractivity contribution is 0.577. The molecule has 0 amide bonds. The number of nitrogens with zero attached hydrogens (tertiary/aromatic N) is 2. The first kappa shape index (κ1) is 13.0. The van der Waals surface area contributed by atoms with Crippen LogP contribution in [0, 0.1) is 0 Å². The second-order valence-corrected chi connectivity index (χ2v) is 4.92. The van der Waals surface area contributed by atoms with E-state index in [0.717, 1.165) is 5.56 Å². The smallest absolute Gasteiger partial charge is 0.242 e. The highest BCUT2D eigenvalue weighted by atomic mass is 35.5. The van der Waals surface area contributed by atoms with Crippen LogP contribution in [0.3, 0.4) is 0 Å². The molecule has 3 rings (SSSR count). The number of furan rings is 1. The first-order valence-corrected chi connectivity index (χ1v) is 6.62. The summed E-state index contributed by atoms with van der Waals surface area (Å²) in [7, 11) is 0. The van der Waals surface area contributed by atoms with Gasteiger partial charge in [0.2, 0.25) is 5.95 Å². The molecule has 2 heterocycles. The Bertz CT molecular complexity index is 709. The number of hydrogen-bond acceptors (Lipinski definition) is 4. The van der Waals surface area contributed by atoms with Crippen LogP contribution in [0.25, 0.3) is 11.6 Å². The zero-order valence-electron chi connectivity index (χ0n) is 10.2. The average Bonchev–Trinajstić information content (AvgIpc) is 3.08. The summed E-state index contributed by atoms with van der Waals surface area (Å²) in [4.78, 5) is 4.27. The minimum Gasteiger partial charge on any atom is -0.461 e. The van der Waals surface area contributed by atoms with Crippen LogP contribution < -0.4 is 5.32 Å². The van der Waals surface area contributed by atoms with E-state index >= 15 is 0 Å². The fourth-order valence-corrected chi connectivity index (χ4v) is 2.18. The number of hydrogen-bond donors (Lipinski definition) is 2. The molecular formula is C13H10Cl2N4O. The Morgan fingerprint density at radius 2 is 2.15 bits per heavy atom. The van der Waals surface area contributed by atoms with Crippen LogP contribution in [0.5, 0.6) is 0 Å². The largest absolute Gasteiger partial charge is 0.461 e. The molecule has 1 aromatic carbocycles. The number of nitrogens with one attached hydrogen (secondary N) is 2. The van der Waals surface area contributed by atoms with Gasteiger partial charge in [0.1, 0.15) is 0 Å². The first-order valence-electron chi connectivity index (χ1n) is 5.86. The van der Waals surface area contributed by atoms with Gasteiger partial charge < -0.3 is 9.73 Å². The predicted octanol–water partition coefficient (Wildman–Crippen LogP) is 3.98. The fourth-order valence-electron chi connectivity index (χ4n) is 1.70. The van der Waals surface area contributed by atoms with Crippen molar-refractivity contribution >= 4 is 29.2 Å². The van der Waals surface area contributed by atoms with E-state index in [-0.39, 0.29) is 0 Å². The summed E-state index contributed by atoms with van der Waals surface area (Å²) < 4.78 is 5.23. The van der Waals surface area contributed by atoms with Crippen molar-refractivity contribution in [3.8, 4) is 11.6 Å². The third kappa shape index (κ3) is 2.79. The van der Waals surface area contributed by atoms with Crippen LogP contribution in [0.15, 0.2) is 41.0 Å². The van der Waals surface area contributed by atoms with Crippen molar-refractivity contribution in [2.75, 3.05) is 5.32 Å². The number of benzene rings is 1. The molecule has 3 aromatic rings. The summed E-state index contributed by atoms with van der Waals surface area (Å²) in [5, 5.41) is 11.1. The molecule has 0 aliphatic rings. The van der Waals surface area contributed by atoms with Crippen molar-refractivity contribution in [3.05, 3.63) is 52.2 Å². The molecule has 0 unspecified atom stereocenters. The third-order valence-corrected chi connectivity index (χ3v) is 3.28. The summed E-state index contributed by atoms with van der Waals surface area (Å²) in [6, 6.07) is 8.94. The van der Waals surface area contributed by atoms with Gasteiger partial charge >= 0.3 is 0 Å². The Kier molecular flexibility index (Phi) is 3.62. The number of H-pyrrole nitrogens is 1. The molecule has 0 atom stereocenters. The van der Waals surface area contributed by atoms with E-state index in [1.54, 1.807) is 30.5 Å². The topological polar surface area (TPSA) is 66.7 Å². The van der Waals surface area contributed by atoms with Gasteiger partial charge in [-0.25, -0.2) is 0 Å². The zero-order valence-corrected chi connectivity index (χ0v) is 11.7. The van der Waals surface area contributed by atoms with E-state index in [4.69, 9.17) is 27.6 Å². The zero-order chi connectivity index (χ0) is 13.9. The van der Waals surface area contributed by atoms with Gasteiger partial charge in [-0.2, -0.15) is 4.98 Å².